The summed E-state index contributed by atoms with van der Waals surface area (Å²) in [5.41, 5.74) is 3.51. The Morgan fingerprint density at radius 2 is 2.22 bits per heavy atom. The molecule has 5 nitrogen and oxygen atoms in total. The fraction of sp³-hybridized carbons (Fsp3) is 0.769. The average Bonchev–Trinajstić information content (AvgIpc) is 2.90. The summed E-state index contributed by atoms with van der Waals surface area (Å²) in [5.74, 6) is 0. The van der Waals surface area contributed by atoms with Gasteiger partial charge >= 0.3 is 0 Å². The third-order valence-electron chi connectivity index (χ3n) is 3.83. The molecule has 1 aromatic rings. The predicted octanol–water partition coefficient (Wildman–Crippen LogP) is 0.651. The third kappa shape index (κ3) is 2.74. The highest BCUT2D eigenvalue weighted by atomic mass is 16.5. The highest BCUT2D eigenvalue weighted by Gasteiger charge is 2.30. The van der Waals surface area contributed by atoms with Crippen LogP contribution in [0.3, 0.4) is 0 Å². The normalized spacial score (nSPS) is 24.1. The molecule has 1 fully saturated rings. The Balaban J connectivity index is 1.95. The van der Waals surface area contributed by atoms with Crippen molar-refractivity contribution in [2.24, 2.45) is 0 Å². The molecule has 2 atom stereocenters. The zero-order valence-corrected chi connectivity index (χ0v) is 11.4. The molecule has 0 saturated carbocycles. The Kier molecular flexibility index (Phi) is 4.37. The maximum absolute atomic E-state index is 9.87. The molecule has 0 radical (unpaired) electrons. The number of ether oxygens (including phenoxy) is 1. The van der Waals surface area contributed by atoms with Crippen LogP contribution in [-0.4, -0.2) is 58.7 Å². The number of aromatic nitrogens is 2. The van der Waals surface area contributed by atoms with Crippen LogP contribution in [0.1, 0.15) is 23.9 Å². The number of nitrogens with one attached hydrogen (secondary N) is 1. The van der Waals surface area contributed by atoms with Crippen molar-refractivity contribution in [2.75, 3.05) is 26.3 Å². The van der Waals surface area contributed by atoms with Gasteiger partial charge in [-0.25, -0.2) is 0 Å². The Bertz CT molecular complexity index is 372. The van der Waals surface area contributed by atoms with Crippen LogP contribution >= 0.6 is 0 Å². The van der Waals surface area contributed by atoms with Crippen LogP contribution < -0.4 is 0 Å². The lowest BCUT2D eigenvalue weighted by atomic mass is 10.1. The van der Waals surface area contributed by atoms with Crippen molar-refractivity contribution in [3.8, 4) is 0 Å². The first-order valence-corrected chi connectivity index (χ1v) is 6.63. The molecule has 0 unspecified atom stereocenters. The van der Waals surface area contributed by atoms with Gasteiger partial charge in [0.1, 0.15) is 0 Å². The average molecular weight is 253 g/mol. The van der Waals surface area contributed by atoms with Crippen LogP contribution in [0.2, 0.25) is 0 Å². The van der Waals surface area contributed by atoms with E-state index in [0.29, 0.717) is 13.2 Å². The monoisotopic (exact) mass is 253 g/mol. The van der Waals surface area contributed by atoms with Crippen molar-refractivity contribution in [1.29, 1.82) is 0 Å². The summed E-state index contributed by atoms with van der Waals surface area (Å²) >= 11 is 0. The molecule has 0 amide bonds. The maximum Gasteiger partial charge on any atom is 0.0950 e. The minimum atomic E-state index is -0.350. The Labute approximate surface area is 108 Å². The van der Waals surface area contributed by atoms with E-state index in [1.807, 2.05) is 6.92 Å². The predicted molar refractivity (Wildman–Crippen MR) is 69.6 cm³/mol. The van der Waals surface area contributed by atoms with E-state index in [1.54, 1.807) is 0 Å². The fourth-order valence-corrected chi connectivity index (χ4v) is 2.64. The van der Waals surface area contributed by atoms with Gasteiger partial charge in [0.15, 0.2) is 0 Å². The highest BCUT2D eigenvalue weighted by Crippen LogP contribution is 2.16. The topological polar surface area (TPSA) is 61.4 Å². The maximum atomic E-state index is 9.87. The second-order valence-corrected chi connectivity index (χ2v) is 4.96. The Hall–Kier alpha value is -0.910. The molecule has 2 heterocycles. The van der Waals surface area contributed by atoms with Crippen molar-refractivity contribution in [3.63, 3.8) is 0 Å². The molecule has 102 valence electrons. The second kappa shape index (κ2) is 5.82. The summed E-state index contributed by atoms with van der Waals surface area (Å²) < 4.78 is 5.33. The first-order valence-electron chi connectivity index (χ1n) is 6.63. The summed E-state index contributed by atoms with van der Waals surface area (Å²) in [4.78, 5) is 2.30. The second-order valence-electron chi connectivity index (χ2n) is 4.96. The Morgan fingerprint density at radius 1 is 1.44 bits per heavy atom. The van der Waals surface area contributed by atoms with E-state index in [0.717, 1.165) is 30.9 Å². The number of H-pyrrole nitrogens is 1. The molecule has 1 aliphatic heterocycles. The van der Waals surface area contributed by atoms with Crippen molar-refractivity contribution in [3.05, 3.63) is 17.0 Å². The lowest BCUT2D eigenvalue weighted by Crippen LogP contribution is -2.43. The minimum absolute atomic E-state index is 0.141. The van der Waals surface area contributed by atoms with Gasteiger partial charge in [0.2, 0.25) is 0 Å². The first-order chi connectivity index (χ1) is 8.63. The molecule has 18 heavy (non-hydrogen) atoms. The van der Waals surface area contributed by atoms with Crippen molar-refractivity contribution >= 4 is 0 Å². The summed E-state index contributed by atoms with van der Waals surface area (Å²) in [6, 6.07) is 0.141. The summed E-state index contributed by atoms with van der Waals surface area (Å²) in [5, 5.41) is 17.1. The van der Waals surface area contributed by atoms with Crippen molar-refractivity contribution < 1.29 is 9.84 Å². The largest absolute Gasteiger partial charge is 0.389 e. The van der Waals surface area contributed by atoms with Crippen LogP contribution in [-0.2, 0) is 11.2 Å². The summed E-state index contributed by atoms with van der Waals surface area (Å²) in [6.07, 6.45) is 0.613. The number of aliphatic hydroxyl groups is 1. The number of aromatic amines is 1. The van der Waals surface area contributed by atoms with Crippen molar-refractivity contribution in [2.45, 2.75) is 39.3 Å². The summed E-state index contributed by atoms with van der Waals surface area (Å²) in [6.45, 7) is 9.18. The fourth-order valence-electron chi connectivity index (χ4n) is 2.64. The molecule has 1 saturated heterocycles. The number of rotatable bonds is 5. The number of aryl methyl sites for hydroxylation is 2. The van der Waals surface area contributed by atoms with Gasteiger partial charge in [-0.3, -0.25) is 10.00 Å². The van der Waals surface area contributed by atoms with Crippen LogP contribution in [0.15, 0.2) is 0 Å². The van der Waals surface area contributed by atoms with Crippen LogP contribution in [0.4, 0.5) is 0 Å². The van der Waals surface area contributed by atoms with Crippen LogP contribution in [0.25, 0.3) is 0 Å². The minimum Gasteiger partial charge on any atom is -0.389 e. The molecule has 0 bridgehead atoms. The van der Waals surface area contributed by atoms with E-state index < -0.39 is 0 Å². The number of hydrogen-bond acceptors (Lipinski definition) is 4. The van der Waals surface area contributed by atoms with E-state index in [9.17, 15) is 5.11 Å². The first kappa shape index (κ1) is 13.5. The molecule has 5 heteroatoms. The summed E-state index contributed by atoms with van der Waals surface area (Å²) in [7, 11) is 0. The zero-order valence-electron chi connectivity index (χ0n) is 11.4. The van der Waals surface area contributed by atoms with Gasteiger partial charge in [0.05, 0.1) is 31.1 Å². The van der Waals surface area contributed by atoms with Gasteiger partial charge in [0, 0.05) is 12.2 Å². The Morgan fingerprint density at radius 3 is 2.72 bits per heavy atom. The number of aliphatic hydroxyl groups excluding tert-OH is 1. The number of likely N-dealkylation sites (N-methyl/N-ethyl adjacent to an activating group) is 1. The van der Waals surface area contributed by atoms with E-state index in [4.69, 9.17) is 4.74 Å². The van der Waals surface area contributed by atoms with Gasteiger partial charge in [-0.1, -0.05) is 6.92 Å². The molecule has 0 aliphatic carbocycles. The number of hydrogen-bond donors (Lipinski definition) is 2. The quantitative estimate of drug-likeness (QED) is 0.809. The molecular formula is C13H23N3O2. The smallest absolute Gasteiger partial charge is 0.0950 e. The molecular weight excluding hydrogens is 230 g/mol. The van der Waals surface area contributed by atoms with Gasteiger partial charge in [-0.2, -0.15) is 5.10 Å². The molecule has 1 aliphatic rings. The SMILES string of the molecule is CCN(CCc1c(C)n[nH]c1C)[C@H]1COC[C@@H]1O. The van der Waals surface area contributed by atoms with Crippen LogP contribution in [0, 0.1) is 13.8 Å². The molecule has 0 aromatic carbocycles. The van der Waals surface area contributed by atoms with Crippen LogP contribution in [0.5, 0.6) is 0 Å². The van der Waals surface area contributed by atoms with Gasteiger partial charge in [0.25, 0.3) is 0 Å². The van der Waals surface area contributed by atoms with E-state index >= 15 is 0 Å². The lowest BCUT2D eigenvalue weighted by molar-refractivity contribution is 0.0855. The molecule has 2 N–H and O–H groups in total. The zero-order chi connectivity index (χ0) is 13.1. The van der Waals surface area contributed by atoms with Gasteiger partial charge in [-0.15, -0.1) is 0 Å². The number of nitrogens with zero attached hydrogens (tertiary/aromatic N) is 2. The van der Waals surface area contributed by atoms with E-state index in [1.165, 1.54) is 5.56 Å². The van der Waals surface area contributed by atoms with Gasteiger partial charge < -0.3 is 9.84 Å². The lowest BCUT2D eigenvalue weighted by Gasteiger charge is -2.28. The third-order valence-corrected chi connectivity index (χ3v) is 3.83. The van der Waals surface area contributed by atoms with E-state index in [2.05, 4.69) is 28.9 Å². The van der Waals surface area contributed by atoms with E-state index in [-0.39, 0.29) is 12.1 Å². The molecule has 2 rings (SSSR count). The molecule has 0 spiro atoms. The highest BCUT2D eigenvalue weighted by molar-refractivity contribution is 5.23. The van der Waals surface area contributed by atoms with Gasteiger partial charge in [-0.05, 0) is 32.4 Å². The molecule has 1 aromatic heterocycles. The standard InChI is InChI=1S/C13H23N3O2/c1-4-16(12-7-18-8-13(12)17)6-5-11-9(2)14-15-10(11)3/h12-13,17H,4-8H2,1-3H3,(H,14,15)/t12-,13-/m0/s1. The van der Waals surface area contributed by atoms with Crippen molar-refractivity contribution in [1.82, 2.24) is 15.1 Å².